The third-order valence-electron chi connectivity index (χ3n) is 3.85. The molecule has 4 nitrogen and oxygen atoms in total. The van der Waals surface area contributed by atoms with Gasteiger partial charge in [-0.05, 0) is 32.0 Å². The van der Waals surface area contributed by atoms with Gasteiger partial charge in [0.05, 0.1) is 20.3 Å². The van der Waals surface area contributed by atoms with Crippen molar-refractivity contribution in [2.24, 2.45) is 5.73 Å². The van der Waals surface area contributed by atoms with Crippen molar-refractivity contribution in [3.05, 3.63) is 23.8 Å². The Labute approximate surface area is 115 Å². The van der Waals surface area contributed by atoms with Gasteiger partial charge in [-0.2, -0.15) is 0 Å². The molecule has 0 radical (unpaired) electrons. The van der Waals surface area contributed by atoms with Crippen LogP contribution in [0.3, 0.4) is 0 Å². The van der Waals surface area contributed by atoms with Crippen LogP contribution in [0.2, 0.25) is 0 Å². The normalized spacial score (nSPS) is 18.1. The Bertz CT molecular complexity index is 403. The second-order valence-corrected chi connectivity index (χ2v) is 4.93. The van der Waals surface area contributed by atoms with Crippen LogP contribution in [0.15, 0.2) is 18.2 Å². The van der Waals surface area contributed by atoms with Crippen LogP contribution in [0.5, 0.6) is 11.5 Å². The molecular weight excluding hydrogens is 240 g/mol. The molecule has 1 fully saturated rings. The van der Waals surface area contributed by atoms with Crippen LogP contribution in [0.25, 0.3) is 0 Å². The van der Waals surface area contributed by atoms with Gasteiger partial charge in [0.15, 0.2) is 11.5 Å². The Balaban J connectivity index is 2.31. The van der Waals surface area contributed by atoms with Gasteiger partial charge in [0.2, 0.25) is 0 Å². The second-order valence-electron chi connectivity index (χ2n) is 4.93. The van der Waals surface area contributed by atoms with Crippen LogP contribution in [0.1, 0.15) is 30.9 Å². The van der Waals surface area contributed by atoms with Crippen molar-refractivity contribution < 1.29 is 9.47 Å². The monoisotopic (exact) mass is 264 g/mol. The van der Waals surface area contributed by atoms with Crippen LogP contribution in [-0.4, -0.2) is 38.8 Å². The zero-order chi connectivity index (χ0) is 13.7. The molecule has 106 valence electrons. The van der Waals surface area contributed by atoms with Gasteiger partial charge in [-0.15, -0.1) is 0 Å². The fourth-order valence-corrected chi connectivity index (χ4v) is 2.88. The van der Waals surface area contributed by atoms with E-state index in [0.29, 0.717) is 6.54 Å². The van der Waals surface area contributed by atoms with Crippen molar-refractivity contribution in [2.75, 3.05) is 33.9 Å². The van der Waals surface area contributed by atoms with E-state index in [9.17, 15) is 0 Å². The molecule has 0 amide bonds. The molecule has 1 aliphatic rings. The van der Waals surface area contributed by atoms with Gasteiger partial charge in [-0.1, -0.05) is 18.6 Å². The molecule has 1 atom stereocenters. The summed E-state index contributed by atoms with van der Waals surface area (Å²) >= 11 is 0. The standard InChI is InChI=1S/C15H24N2O2/c1-18-14-8-6-7-12(15(14)19-2)13(11-16)17-9-4-3-5-10-17/h6-8,13H,3-5,9-11,16H2,1-2H3. The Morgan fingerprint density at radius 3 is 2.47 bits per heavy atom. The fraction of sp³-hybridized carbons (Fsp3) is 0.600. The van der Waals surface area contributed by atoms with Crippen LogP contribution in [0, 0.1) is 0 Å². The first kappa shape index (κ1) is 14.2. The van der Waals surface area contributed by atoms with Gasteiger partial charge in [0, 0.05) is 12.1 Å². The average molecular weight is 264 g/mol. The number of piperidine rings is 1. The van der Waals surface area contributed by atoms with Crippen molar-refractivity contribution in [1.82, 2.24) is 4.90 Å². The SMILES string of the molecule is COc1cccc(C(CN)N2CCCCC2)c1OC. The summed E-state index contributed by atoms with van der Waals surface area (Å²) < 4.78 is 10.9. The zero-order valence-electron chi connectivity index (χ0n) is 11.9. The molecule has 1 saturated heterocycles. The highest BCUT2D eigenvalue weighted by molar-refractivity contribution is 5.48. The lowest BCUT2D eigenvalue weighted by molar-refractivity contribution is 0.164. The minimum Gasteiger partial charge on any atom is -0.493 e. The summed E-state index contributed by atoms with van der Waals surface area (Å²) in [6.07, 6.45) is 3.83. The minimum atomic E-state index is 0.213. The molecule has 0 spiro atoms. The lowest BCUT2D eigenvalue weighted by atomic mass is 10.0. The van der Waals surface area contributed by atoms with Crippen molar-refractivity contribution >= 4 is 0 Å². The molecule has 0 bridgehead atoms. The molecule has 1 aromatic rings. The zero-order valence-corrected chi connectivity index (χ0v) is 11.9. The third-order valence-corrected chi connectivity index (χ3v) is 3.85. The summed E-state index contributed by atoms with van der Waals surface area (Å²) in [6, 6.07) is 6.23. The van der Waals surface area contributed by atoms with E-state index in [1.165, 1.54) is 19.3 Å². The predicted octanol–water partition coefficient (Wildman–Crippen LogP) is 2.19. The van der Waals surface area contributed by atoms with Gasteiger partial charge in [-0.3, -0.25) is 4.90 Å². The maximum Gasteiger partial charge on any atom is 0.165 e. The molecule has 1 aromatic carbocycles. The van der Waals surface area contributed by atoms with Gasteiger partial charge >= 0.3 is 0 Å². The minimum absolute atomic E-state index is 0.213. The van der Waals surface area contributed by atoms with Crippen molar-refractivity contribution in [3.8, 4) is 11.5 Å². The number of nitrogens with two attached hydrogens (primary N) is 1. The molecular formula is C15H24N2O2. The van der Waals surface area contributed by atoms with Gasteiger partial charge in [-0.25, -0.2) is 0 Å². The number of hydrogen-bond acceptors (Lipinski definition) is 4. The Hall–Kier alpha value is -1.26. The van der Waals surface area contributed by atoms with Crippen molar-refractivity contribution in [1.29, 1.82) is 0 Å². The highest BCUT2D eigenvalue weighted by atomic mass is 16.5. The van der Waals surface area contributed by atoms with Crippen LogP contribution in [0.4, 0.5) is 0 Å². The maximum absolute atomic E-state index is 6.01. The molecule has 1 unspecified atom stereocenters. The topological polar surface area (TPSA) is 47.7 Å². The Morgan fingerprint density at radius 1 is 1.16 bits per heavy atom. The highest BCUT2D eigenvalue weighted by Gasteiger charge is 2.25. The van der Waals surface area contributed by atoms with E-state index in [0.717, 1.165) is 30.2 Å². The van der Waals surface area contributed by atoms with Gasteiger partial charge in [0.25, 0.3) is 0 Å². The lowest BCUT2D eigenvalue weighted by Gasteiger charge is -2.34. The maximum atomic E-state index is 6.01. The number of benzene rings is 1. The molecule has 1 heterocycles. The van der Waals surface area contributed by atoms with Crippen molar-refractivity contribution in [2.45, 2.75) is 25.3 Å². The highest BCUT2D eigenvalue weighted by Crippen LogP contribution is 2.37. The van der Waals surface area contributed by atoms with E-state index in [2.05, 4.69) is 11.0 Å². The first-order valence-corrected chi connectivity index (χ1v) is 6.96. The van der Waals surface area contributed by atoms with Crippen molar-refractivity contribution in [3.63, 3.8) is 0 Å². The lowest BCUT2D eigenvalue weighted by Crippen LogP contribution is -2.37. The van der Waals surface area contributed by atoms with E-state index >= 15 is 0 Å². The third kappa shape index (κ3) is 3.01. The van der Waals surface area contributed by atoms with E-state index in [1.807, 2.05) is 12.1 Å². The number of ether oxygens (including phenoxy) is 2. The van der Waals surface area contributed by atoms with Crippen LogP contribution < -0.4 is 15.2 Å². The van der Waals surface area contributed by atoms with E-state index in [4.69, 9.17) is 15.2 Å². The van der Waals surface area contributed by atoms with E-state index < -0.39 is 0 Å². The van der Waals surface area contributed by atoms with Gasteiger partial charge < -0.3 is 15.2 Å². The largest absolute Gasteiger partial charge is 0.493 e. The van der Waals surface area contributed by atoms with Crippen LogP contribution in [-0.2, 0) is 0 Å². The number of hydrogen-bond donors (Lipinski definition) is 1. The van der Waals surface area contributed by atoms with E-state index in [-0.39, 0.29) is 6.04 Å². The number of para-hydroxylation sites is 1. The molecule has 2 N–H and O–H groups in total. The van der Waals surface area contributed by atoms with E-state index in [1.54, 1.807) is 14.2 Å². The van der Waals surface area contributed by atoms with Gasteiger partial charge in [0.1, 0.15) is 0 Å². The smallest absolute Gasteiger partial charge is 0.165 e. The number of likely N-dealkylation sites (tertiary alicyclic amines) is 1. The molecule has 2 rings (SSSR count). The summed E-state index contributed by atoms with van der Waals surface area (Å²) in [4.78, 5) is 2.46. The fourth-order valence-electron chi connectivity index (χ4n) is 2.88. The van der Waals surface area contributed by atoms with Crippen LogP contribution >= 0.6 is 0 Å². The summed E-state index contributed by atoms with van der Waals surface area (Å²) in [7, 11) is 3.35. The molecule has 4 heteroatoms. The quantitative estimate of drug-likeness (QED) is 0.885. The Morgan fingerprint density at radius 2 is 1.89 bits per heavy atom. The molecule has 1 aliphatic heterocycles. The Kier molecular flexibility index (Phi) is 5.05. The summed E-state index contributed by atoms with van der Waals surface area (Å²) in [5, 5.41) is 0. The molecule has 0 saturated carbocycles. The summed E-state index contributed by atoms with van der Waals surface area (Å²) in [5.74, 6) is 1.58. The number of rotatable bonds is 5. The second kappa shape index (κ2) is 6.78. The first-order valence-electron chi connectivity index (χ1n) is 6.96. The summed E-state index contributed by atoms with van der Waals surface area (Å²) in [6.45, 7) is 2.83. The molecule has 0 aliphatic carbocycles. The predicted molar refractivity (Wildman–Crippen MR) is 76.8 cm³/mol. The summed E-state index contributed by atoms with van der Waals surface area (Å²) in [5.41, 5.74) is 7.14. The number of nitrogens with zero attached hydrogens (tertiary/aromatic N) is 1. The average Bonchev–Trinajstić information content (AvgIpc) is 2.48. The number of methoxy groups -OCH3 is 2. The molecule has 19 heavy (non-hydrogen) atoms. The first-order chi connectivity index (χ1) is 9.31. The molecule has 0 aromatic heterocycles.